The van der Waals surface area contributed by atoms with Gasteiger partial charge in [0.05, 0.1) is 10.5 Å². The molecule has 0 atom stereocenters. The molecule has 146 valence electrons. The molecule has 1 heterocycles. The Morgan fingerprint density at radius 2 is 1.55 bits per heavy atom. The van der Waals surface area contributed by atoms with E-state index < -0.39 is 15.8 Å². The summed E-state index contributed by atoms with van der Waals surface area (Å²) in [6.45, 7) is 3.37. The Morgan fingerprint density at radius 3 is 2.21 bits per heavy atom. The maximum absolute atomic E-state index is 12.7. The fourth-order valence-corrected chi connectivity index (χ4v) is 3.86. The van der Waals surface area contributed by atoms with Crippen LogP contribution in [0.1, 0.15) is 50.3 Å². The maximum Gasteiger partial charge on any atom is 0.276 e. The summed E-state index contributed by atoms with van der Waals surface area (Å²) in [5, 5.41) is 3.87. The molecule has 0 spiro atoms. The zero-order valence-corrected chi connectivity index (χ0v) is 16.4. The second-order valence-corrected chi connectivity index (χ2v) is 8.32. The number of nitrogens with one attached hydrogen (secondary N) is 1. The second-order valence-electron chi connectivity index (χ2n) is 6.66. The second kappa shape index (κ2) is 6.82. The Balaban J connectivity index is 1.64. The molecule has 0 amide bonds. The molecular formula is C21H16N2O5S. The number of furan rings is 1. The predicted molar refractivity (Wildman–Crippen MR) is 106 cm³/mol. The first-order valence-electron chi connectivity index (χ1n) is 8.73. The third-order valence-corrected chi connectivity index (χ3v) is 5.85. The first-order valence-corrected chi connectivity index (χ1v) is 10.2. The molecule has 7 nitrogen and oxygen atoms in total. The van der Waals surface area contributed by atoms with Crippen molar-refractivity contribution in [2.24, 2.45) is 5.10 Å². The van der Waals surface area contributed by atoms with Gasteiger partial charge in [-0.15, -0.1) is 0 Å². The summed E-state index contributed by atoms with van der Waals surface area (Å²) in [4.78, 5) is 27.5. The minimum Gasteiger partial charge on any atom is -0.450 e. The van der Waals surface area contributed by atoms with Gasteiger partial charge in [0, 0.05) is 11.1 Å². The zero-order valence-electron chi connectivity index (χ0n) is 15.6. The van der Waals surface area contributed by atoms with Gasteiger partial charge in [0.15, 0.2) is 17.3 Å². The zero-order chi connectivity index (χ0) is 20.8. The van der Waals surface area contributed by atoms with Crippen molar-refractivity contribution >= 4 is 27.3 Å². The third kappa shape index (κ3) is 3.27. The SMILES string of the molecule is CC(=NNS(=O)(=O)c1ccc(C)cc1)c1cc2c(o1)C(=O)c1ccccc1C2=O. The number of rotatable bonds is 4. The van der Waals surface area contributed by atoms with E-state index in [2.05, 4.69) is 9.93 Å². The van der Waals surface area contributed by atoms with Gasteiger partial charge in [-0.1, -0.05) is 42.0 Å². The van der Waals surface area contributed by atoms with E-state index in [1.165, 1.54) is 25.1 Å². The predicted octanol–water partition coefficient (Wildman–Crippen LogP) is 3.07. The summed E-state index contributed by atoms with van der Waals surface area (Å²) < 4.78 is 30.3. The lowest BCUT2D eigenvalue weighted by molar-refractivity contribution is 0.0960. The van der Waals surface area contributed by atoms with Gasteiger partial charge in [-0.3, -0.25) is 9.59 Å². The summed E-state index contributed by atoms with van der Waals surface area (Å²) in [5.41, 5.74) is 1.84. The lowest BCUT2D eigenvalue weighted by Gasteiger charge is -2.11. The molecule has 0 bridgehead atoms. The highest BCUT2D eigenvalue weighted by Crippen LogP contribution is 2.29. The molecule has 1 aromatic heterocycles. The summed E-state index contributed by atoms with van der Waals surface area (Å²) in [6.07, 6.45) is 0. The van der Waals surface area contributed by atoms with Gasteiger partial charge in [-0.2, -0.15) is 18.4 Å². The van der Waals surface area contributed by atoms with Crippen LogP contribution in [-0.4, -0.2) is 25.7 Å². The van der Waals surface area contributed by atoms with E-state index in [0.29, 0.717) is 5.56 Å². The van der Waals surface area contributed by atoms with E-state index >= 15 is 0 Å². The maximum atomic E-state index is 12.7. The molecule has 0 aliphatic heterocycles. The number of benzene rings is 2. The van der Waals surface area contributed by atoms with Crippen LogP contribution in [0.25, 0.3) is 0 Å². The van der Waals surface area contributed by atoms with E-state index in [9.17, 15) is 18.0 Å². The van der Waals surface area contributed by atoms with Crippen molar-refractivity contribution < 1.29 is 22.4 Å². The molecule has 4 rings (SSSR count). The van der Waals surface area contributed by atoms with Crippen LogP contribution < -0.4 is 4.83 Å². The number of nitrogens with zero attached hydrogens (tertiary/aromatic N) is 1. The standard InChI is InChI=1S/C21H16N2O5S/c1-12-7-9-14(10-8-12)29(26,27)23-22-13(2)18-11-17-19(24)15-5-3-4-6-16(15)20(25)21(17)28-18/h3-11,23H,1-2H3. The highest BCUT2D eigenvalue weighted by atomic mass is 32.2. The minimum absolute atomic E-state index is 0.0687. The number of carbonyl (C=O) groups is 2. The van der Waals surface area contributed by atoms with E-state index in [-0.39, 0.29) is 39.0 Å². The number of hydrogen-bond acceptors (Lipinski definition) is 6. The molecule has 0 saturated carbocycles. The first kappa shape index (κ1) is 18.8. The van der Waals surface area contributed by atoms with Gasteiger partial charge < -0.3 is 4.42 Å². The summed E-state index contributed by atoms with van der Waals surface area (Å²) >= 11 is 0. The molecular weight excluding hydrogens is 392 g/mol. The van der Waals surface area contributed by atoms with Crippen LogP contribution in [0.4, 0.5) is 0 Å². The normalized spacial score (nSPS) is 13.8. The fourth-order valence-electron chi connectivity index (χ4n) is 3.01. The monoisotopic (exact) mass is 408 g/mol. The largest absolute Gasteiger partial charge is 0.450 e. The molecule has 8 heteroatoms. The lowest BCUT2D eigenvalue weighted by atomic mass is 9.88. The highest BCUT2D eigenvalue weighted by molar-refractivity contribution is 7.89. The summed E-state index contributed by atoms with van der Waals surface area (Å²) in [6, 6.07) is 14.2. The van der Waals surface area contributed by atoms with E-state index in [1.54, 1.807) is 36.4 Å². The van der Waals surface area contributed by atoms with Crippen LogP contribution >= 0.6 is 0 Å². The molecule has 1 aliphatic rings. The van der Waals surface area contributed by atoms with Crippen molar-refractivity contribution in [1.29, 1.82) is 0 Å². The van der Waals surface area contributed by atoms with Crippen LogP contribution in [0, 0.1) is 6.92 Å². The van der Waals surface area contributed by atoms with Gasteiger partial charge in [0.2, 0.25) is 5.78 Å². The first-order chi connectivity index (χ1) is 13.8. The van der Waals surface area contributed by atoms with Crippen molar-refractivity contribution in [2.45, 2.75) is 18.7 Å². The quantitative estimate of drug-likeness (QED) is 0.413. The number of ketones is 2. The Hall–Kier alpha value is -3.52. The average molecular weight is 408 g/mol. The van der Waals surface area contributed by atoms with E-state index in [4.69, 9.17) is 4.42 Å². The molecule has 0 radical (unpaired) electrons. The van der Waals surface area contributed by atoms with Gasteiger partial charge in [0.1, 0.15) is 5.71 Å². The van der Waals surface area contributed by atoms with E-state index in [1.807, 2.05) is 6.92 Å². The van der Waals surface area contributed by atoms with Crippen molar-refractivity contribution in [2.75, 3.05) is 0 Å². The summed E-state index contributed by atoms with van der Waals surface area (Å²) in [5.74, 6) is -0.650. The Bertz CT molecular complexity index is 1230. The molecule has 29 heavy (non-hydrogen) atoms. The van der Waals surface area contributed by atoms with E-state index in [0.717, 1.165) is 5.56 Å². The van der Waals surface area contributed by atoms with Crippen molar-refractivity contribution in [3.8, 4) is 0 Å². The van der Waals surface area contributed by atoms with Crippen molar-refractivity contribution in [1.82, 2.24) is 4.83 Å². The van der Waals surface area contributed by atoms with Gasteiger partial charge in [-0.25, -0.2) is 0 Å². The Labute approximate surface area is 167 Å². The molecule has 1 aliphatic carbocycles. The minimum atomic E-state index is -3.86. The van der Waals surface area contributed by atoms with Crippen LogP contribution in [0.15, 0.2) is 69.0 Å². The molecule has 3 aromatic rings. The molecule has 0 fully saturated rings. The topological polar surface area (TPSA) is 106 Å². The Kier molecular flexibility index (Phi) is 4.43. The number of sulfonamides is 1. The van der Waals surface area contributed by atoms with Crippen molar-refractivity contribution in [3.63, 3.8) is 0 Å². The molecule has 1 N–H and O–H groups in total. The summed E-state index contributed by atoms with van der Waals surface area (Å²) in [7, 11) is -3.86. The number of fused-ring (bicyclic) bond motifs is 2. The fraction of sp³-hybridized carbons (Fsp3) is 0.0952. The Morgan fingerprint density at radius 1 is 0.931 bits per heavy atom. The highest BCUT2D eigenvalue weighted by Gasteiger charge is 2.33. The van der Waals surface area contributed by atoms with Crippen LogP contribution in [0.5, 0.6) is 0 Å². The van der Waals surface area contributed by atoms with Gasteiger partial charge in [-0.05, 0) is 32.0 Å². The van der Waals surface area contributed by atoms with Crippen molar-refractivity contribution in [3.05, 3.63) is 88.4 Å². The molecule has 0 saturated heterocycles. The average Bonchev–Trinajstić information content (AvgIpc) is 3.17. The van der Waals surface area contributed by atoms with Gasteiger partial charge in [0.25, 0.3) is 10.0 Å². The van der Waals surface area contributed by atoms with Gasteiger partial charge >= 0.3 is 0 Å². The van der Waals surface area contributed by atoms with Crippen LogP contribution in [0.3, 0.4) is 0 Å². The molecule has 2 aromatic carbocycles. The molecule has 0 unspecified atom stereocenters. The van der Waals surface area contributed by atoms with Crippen LogP contribution in [-0.2, 0) is 10.0 Å². The number of carbonyl (C=O) groups excluding carboxylic acids is 2. The smallest absolute Gasteiger partial charge is 0.276 e. The number of aryl methyl sites for hydroxylation is 1. The third-order valence-electron chi connectivity index (χ3n) is 4.62. The number of hydrogen-bond donors (Lipinski definition) is 1. The lowest BCUT2D eigenvalue weighted by Crippen LogP contribution is -2.19. The number of hydrazone groups is 1. The van der Waals surface area contributed by atoms with Crippen LogP contribution in [0.2, 0.25) is 0 Å².